The normalized spacial score (nSPS) is 10.6. The summed E-state index contributed by atoms with van der Waals surface area (Å²) in [6, 6.07) is 13.9. The Kier molecular flexibility index (Phi) is 5.09. The van der Waals surface area contributed by atoms with Crippen LogP contribution in [0.5, 0.6) is 0 Å². The van der Waals surface area contributed by atoms with Crippen LogP contribution in [-0.4, -0.2) is 15.7 Å². The number of benzene rings is 2. The van der Waals surface area contributed by atoms with Crippen LogP contribution in [0.15, 0.2) is 54.7 Å². The Morgan fingerprint density at radius 3 is 2.54 bits per heavy atom. The fourth-order valence-corrected chi connectivity index (χ4v) is 2.83. The molecule has 122 valence electrons. The van der Waals surface area contributed by atoms with Crippen LogP contribution in [0.3, 0.4) is 0 Å². The molecular weight excluding hydrogens is 369 g/mol. The quantitative estimate of drug-likeness (QED) is 0.681. The number of anilines is 1. The number of aromatic nitrogens is 2. The lowest BCUT2D eigenvalue weighted by Gasteiger charge is -2.11. The molecule has 1 aromatic heterocycles. The highest BCUT2D eigenvalue weighted by Crippen LogP contribution is 2.27. The number of nitrogens with one attached hydrogen (secondary N) is 1. The van der Waals surface area contributed by atoms with Gasteiger partial charge in [-0.2, -0.15) is 5.10 Å². The van der Waals surface area contributed by atoms with Crippen LogP contribution in [0.2, 0.25) is 15.1 Å². The predicted octanol–water partition coefficient (Wildman–Crippen LogP) is 5.14. The van der Waals surface area contributed by atoms with E-state index >= 15 is 0 Å². The van der Waals surface area contributed by atoms with Gasteiger partial charge in [0.1, 0.15) is 5.82 Å². The number of hydrogen-bond acceptors (Lipinski definition) is 2. The molecule has 24 heavy (non-hydrogen) atoms. The van der Waals surface area contributed by atoms with Gasteiger partial charge in [-0.3, -0.25) is 4.79 Å². The zero-order chi connectivity index (χ0) is 17.1. The zero-order valence-corrected chi connectivity index (χ0v) is 14.6. The topological polar surface area (TPSA) is 46.9 Å². The van der Waals surface area contributed by atoms with Crippen molar-refractivity contribution in [1.29, 1.82) is 0 Å². The van der Waals surface area contributed by atoms with E-state index in [0.717, 1.165) is 5.56 Å². The van der Waals surface area contributed by atoms with Crippen molar-refractivity contribution >= 4 is 46.5 Å². The van der Waals surface area contributed by atoms with Crippen molar-refractivity contribution < 1.29 is 4.79 Å². The fraction of sp³-hybridized carbons (Fsp3) is 0.0588. The molecule has 0 atom stereocenters. The standard InChI is InChI=1S/C17H12Cl3N3O/c18-13-6-2-1-5-12(13)17(24)22-15-8-9-21-23(15)10-11-4-3-7-14(19)16(11)20/h1-9H,10H2,(H,22,24). The number of amides is 1. The molecule has 0 bridgehead atoms. The van der Waals surface area contributed by atoms with E-state index in [4.69, 9.17) is 34.8 Å². The molecular formula is C17H12Cl3N3O. The van der Waals surface area contributed by atoms with Crippen molar-refractivity contribution in [2.24, 2.45) is 0 Å². The molecule has 0 spiro atoms. The molecule has 1 N–H and O–H groups in total. The van der Waals surface area contributed by atoms with E-state index < -0.39 is 0 Å². The Morgan fingerprint density at radius 1 is 1.00 bits per heavy atom. The van der Waals surface area contributed by atoms with Crippen LogP contribution in [0.25, 0.3) is 0 Å². The Morgan fingerprint density at radius 2 is 1.75 bits per heavy atom. The van der Waals surface area contributed by atoms with Crippen LogP contribution in [-0.2, 0) is 6.54 Å². The highest BCUT2D eigenvalue weighted by atomic mass is 35.5. The summed E-state index contributed by atoms with van der Waals surface area (Å²) in [5.41, 5.74) is 1.20. The number of halogens is 3. The molecule has 2 aromatic carbocycles. The lowest BCUT2D eigenvalue weighted by Crippen LogP contribution is -2.16. The van der Waals surface area contributed by atoms with Gasteiger partial charge in [-0.1, -0.05) is 59.1 Å². The molecule has 0 fully saturated rings. The van der Waals surface area contributed by atoms with Crippen LogP contribution in [0, 0.1) is 0 Å². The van der Waals surface area contributed by atoms with Gasteiger partial charge < -0.3 is 5.32 Å². The molecule has 7 heteroatoms. The van der Waals surface area contributed by atoms with Gasteiger partial charge in [0.25, 0.3) is 5.91 Å². The first-order valence-corrected chi connectivity index (χ1v) is 8.20. The molecule has 0 saturated carbocycles. The Hall–Kier alpha value is -2.01. The molecule has 0 unspecified atom stereocenters. The van der Waals surface area contributed by atoms with Crippen molar-refractivity contribution in [3.05, 3.63) is 80.9 Å². The van der Waals surface area contributed by atoms with Crippen molar-refractivity contribution in [2.75, 3.05) is 5.32 Å². The summed E-state index contributed by atoms with van der Waals surface area (Å²) >= 11 is 18.3. The SMILES string of the molecule is O=C(Nc1ccnn1Cc1cccc(Cl)c1Cl)c1ccccc1Cl. The minimum absolute atomic E-state index is 0.306. The summed E-state index contributed by atoms with van der Waals surface area (Å²) in [6.45, 7) is 0.379. The van der Waals surface area contributed by atoms with E-state index in [1.165, 1.54) is 0 Å². The molecule has 0 aliphatic heterocycles. The number of carbonyl (C=O) groups excluding carboxylic acids is 1. The molecule has 0 aliphatic carbocycles. The van der Waals surface area contributed by atoms with Crippen molar-refractivity contribution in [3.8, 4) is 0 Å². The molecule has 3 rings (SSSR count). The van der Waals surface area contributed by atoms with E-state index in [0.29, 0.717) is 33.0 Å². The van der Waals surface area contributed by atoms with Gasteiger partial charge in [-0.05, 0) is 23.8 Å². The van der Waals surface area contributed by atoms with Crippen LogP contribution < -0.4 is 5.32 Å². The molecule has 1 amide bonds. The maximum atomic E-state index is 12.4. The zero-order valence-electron chi connectivity index (χ0n) is 12.3. The second-order valence-corrected chi connectivity index (χ2v) is 6.21. The van der Waals surface area contributed by atoms with Gasteiger partial charge in [-0.15, -0.1) is 0 Å². The third-order valence-corrected chi connectivity index (χ3v) is 4.62. The summed E-state index contributed by atoms with van der Waals surface area (Å²) in [5.74, 6) is 0.232. The average molecular weight is 381 g/mol. The average Bonchev–Trinajstić information content (AvgIpc) is 2.99. The third kappa shape index (κ3) is 3.56. The first kappa shape index (κ1) is 16.8. The maximum Gasteiger partial charge on any atom is 0.258 e. The van der Waals surface area contributed by atoms with Gasteiger partial charge in [0.15, 0.2) is 0 Å². The van der Waals surface area contributed by atoms with E-state index in [1.54, 1.807) is 47.3 Å². The molecule has 1 heterocycles. The van der Waals surface area contributed by atoms with Gasteiger partial charge in [-0.25, -0.2) is 4.68 Å². The van der Waals surface area contributed by atoms with E-state index in [-0.39, 0.29) is 5.91 Å². The Labute approximate surface area is 154 Å². The lowest BCUT2D eigenvalue weighted by molar-refractivity contribution is 0.102. The number of carbonyl (C=O) groups is 1. The van der Waals surface area contributed by atoms with E-state index in [9.17, 15) is 4.79 Å². The Bertz CT molecular complexity index is 892. The van der Waals surface area contributed by atoms with Gasteiger partial charge in [0, 0.05) is 6.07 Å². The van der Waals surface area contributed by atoms with Crippen molar-refractivity contribution in [3.63, 3.8) is 0 Å². The van der Waals surface area contributed by atoms with Gasteiger partial charge >= 0.3 is 0 Å². The molecule has 3 aromatic rings. The first-order valence-electron chi connectivity index (χ1n) is 7.07. The predicted molar refractivity (Wildman–Crippen MR) is 97.2 cm³/mol. The van der Waals surface area contributed by atoms with Crippen LogP contribution in [0.4, 0.5) is 5.82 Å². The molecule has 0 aliphatic rings. The maximum absolute atomic E-state index is 12.4. The minimum Gasteiger partial charge on any atom is -0.307 e. The number of nitrogens with zero attached hydrogens (tertiary/aromatic N) is 2. The van der Waals surface area contributed by atoms with E-state index in [2.05, 4.69) is 10.4 Å². The molecule has 0 saturated heterocycles. The first-order chi connectivity index (χ1) is 11.6. The van der Waals surface area contributed by atoms with Crippen molar-refractivity contribution in [2.45, 2.75) is 6.54 Å². The highest BCUT2D eigenvalue weighted by Gasteiger charge is 2.13. The third-order valence-electron chi connectivity index (χ3n) is 3.43. The lowest BCUT2D eigenvalue weighted by atomic mass is 10.2. The summed E-state index contributed by atoms with van der Waals surface area (Å²) < 4.78 is 1.63. The van der Waals surface area contributed by atoms with E-state index in [1.807, 2.05) is 12.1 Å². The number of rotatable bonds is 4. The smallest absolute Gasteiger partial charge is 0.258 e. The summed E-state index contributed by atoms with van der Waals surface area (Å²) in [4.78, 5) is 12.4. The summed E-state index contributed by atoms with van der Waals surface area (Å²) in [7, 11) is 0. The summed E-state index contributed by atoms with van der Waals surface area (Å²) in [5, 5.41) is 8.35. The van der Waals surface area contributed by atoms with Crippen molar-refractivity contribution in [1.82, 2.24) is 9.78 Å². The van der Waals surface area contributed by atoms with Crippen LogP contribution >= 0.6 is 34.8 Å². The summed E-state index contributed by atoms with van der Waals surface area (Å²) in [6.07, 6.45) is 1.60. The van der Waals surface area contributed by atoms with Gasteiger partial charge in [0.05, 0.1) is 33.4 Å². The second kappa shape index (κ2) is 7.26. The number of hydrogen-bond donors (Lipinski definition) is 1. The van der Waals surface area contributed by atoms with Gasteiger partial charge in [0.2, 0.25) is 0 Å². The molecule has 4 nitrogen and oxygen atoms in total. The second-order valence-electron chi connectivity index (χ2n) is 5.02. The Balaban J connectivity index is 1.82. The highest BCUT2D eigenvalue weighted by molar-refractivity contribution is 6.42. The fourth-order valence-electron chi connectivity index (χ4n) is 2.23. The minimum atomic E-state index is -0.306. The monoisotopic (exact) mass is 379 g/mol. The largest absolute Gasteiger partial charge is 0.307 e. The molecule has 0 radical (unpaired) electrons. The van der Waals surface area contributed by atoms with Crippen LogP contribution in [0.1, 0.15) is 15.9 Å².